The second-order valence-corrected chi connectivity index (χ2v) is 4.87. The number of halogens is 1. The Bertz CT molecular complexity index is 522. The summed E-state index contributed by atoms with van der Waals surface area (Å²) in [5.41, 5.74) is 3.04. The third kappa shape index (κ3) is 3.65. The maximum atomic E-state index is 13.5. The lowest BCUT2D eigenvalue weighted by atomic mass is 9.98. The highest BCUT2D eigenvalue weighted by molar-refractivity contribution is 5.24. The molecule has 0 aliphatic rings. The normalized spacial score (nSPS) is 12.4. The van der Waals surface area contributed by atoms with E-state index in [1.54, 1.807) is 13.0 Å². The van der Waals surface area contributed by atoms with Crippen molar-refractivity contribution in [3.8, 4) is 0 Å². The summed E-state index contributed by atoms with van der Waals surface area (Å²) >= 11 is 0. The van der Waals surface area contributed by atoms with Crippen LogP contribution in [0.5, 0.6) is 0 Å². The molecular weight excluding hydrogens is 237 g/mol. The first-order chi connectivity index (χ1) is 9.20. The third-order valence-corrected chi connectivity index (χ3v) is 3.51. The first-order valence-corrected chi connectivity index (χ1v) is 6.68. The maximum absolute atomic E-state index is 13.5. The van der Waals surface area contributed by atoms with Crippen LogP contribution < -0.4 is 5.32 Å². The topological polar surface area (TPSA) is 12.0 Å². The first-order valence-electron chi connectivity index (χ1n) is 6.68. The fourth-order valence-electron chi connectivity index (χ4n) is 2.27. The van der Waals surface area contributed by atoms with E-state index in [-0.39, 0.29) is 5.82 Å². The SMILES string of the molecule is CNC(CCc1ccc(C)c(F)c1)c1ccccc1. The maximum Gasteiger partial charge on any atom is 0.126 e. The minimum atomic E-state index is -0.113. The van der Waals surface area contributed by atoms with Crippen LogP contribution in [-0.2, 0) is 6.42 Å². The number of aryl methyl sites for hydroxylation is 2. The molecule has 0 aliphatic heterocycles. The Hall–Kier alpha value is -1.67. The summed E-state index contributed by atoms with van der Waals surface area (Å²) in [6.45, 7) is 1.79. The van der Waals surface area contributed by atoms with Gasteiger partial charge >= 0.3 is 0 Å². The van der Waals surface area contributed by atoms with Crippen molar-refractivity contribution in [2.75, 3.05) is 7.05 Å². The average molecular weight is 257 g/mol. The molecule has 0 heterocycles. The molecule has 2 aromatic carbocycles. The zero-order chi connectivity index (χ0) is 13.7. The van der Waals surface area contributed by atoms with Crippen molar-refractivity contribution >= 4 is 0 Å². The lowest BCUT2D eigenvalue weighted by molar-refractivity contribution is 0.547. The van der Waals surface area contributed by atoms with Gasteiger partial charge in [-0.05, 0) is 49.6 Å². The summed E-state index contributed by atoms with van der Waals surface area (Å²) < 4.78 is 13.5. The highest BCUT2D eigenvalue weighted by Gasteiger charge is 2.09. The smallest absolute Gasteiger partial charge is 0.126 e. The summed E-state index contributed by atoms with van der Waals surface area (Å²) in [5, 5.41) is 3.32. The standard InChI is InChI=1S/C17H20FN/c1-13-8-9-14(12-16(13)18)10-11-17(19-2)15-6-4-3-5-7-15/h3-9,12,17,19H,10-11H2,1-2H3. The first kappa shape index (κ1) is 13.8. The Kier molecular flexibility index (Phi) is 4.69. The van der Waals surface area contributed by atoms with Gasteiger partial charge in [-0.25, -0.2) is 4.39 Å². The fourth-order valence-corrected chi connectivity index (χ4v) is 2.27. The molecule has 0 aliphatic carbocycles. The fraction of sp³-hybridized carbons (Fsp3) is 0.294. The Morgan fingerprint density at radius 2 is 1.84 bits per heavy atom. The van der Waals surface area contributed by atoms with Gasteiger partial charge < -0.3 is 5.32 Å². The van der Waals surface area contributed by atoms with E-state index in [9.17, 15) is 4.39 Å². The van der Waals surface area contributed by atoms with E-state index in [1.807, 2.05) is 37.4 Å². The summed E-state index contributed by atoms with van der Waals surface area (Å²) in [7, 11) is 1.97. The van der Waals surface area contributed by atoms with Crippen molar-refractivity contribution in [1.29, 1.82) is 0 Å². The van der Waals surface area contributed by atoms with Crippen molar-refractivity contribution in [2.24, 2.45) is 0 Å². The predicted octanol–water partition coefficient (Wildman–Crippen LogP) is 4.03. The molecule has 100 valence electrons. The number of rotatable bonds is 5. The molecule has 19 heavy (non-hydrogen) atoms. The summed E-state index contributed by atoms with van der Waals surface area (Å²) in [5.74, 6) is -0.113. The molecule has 2 rings (SSSR count). The Morgan fingerprint density at radius 1 is 1.11 bits per heavy atom. The van der Waals surface area contributed by atoms with Crippen molar-refractivity contribution in [3.63, 3.8) is 0 Å². The van der Waals surface area contributed by atoms with Crippen molar-refractivity contribution < 1.29 is 4.39 Å². The van der Waals surface area contributed by atoms with Gasteiger partial charge in [0.1, 0.15) is 5.82 Å². The third-order valence-electron chi connectivity index (χ3n) is 3.51. The molecule has 1 nitrogen and oxygen atoms in total. The van der Waals surface area contributed by atoms with E-state index in [1.165, 1.54) is 5.56 Å². The number of benzene rings is 2. The molecule has 0 amide bonds. The van der Waals surface area contributed by atoms with E-state index in [0.29, 0.717) is 11.6 Å². The summed E-state index contributed by atoms with van der Waals surface area (Å²) in [6.07, 6.45) is 1.83. The number of hydrogen-bond donors (Lipinski definition) is 1. The van der Waals surface area contributed by atoms with Gasteiger partial charge in [0, 0.05) is 6.04 Å². The molecule has 1 atom stereocenters. The Morgan fingerprint density at radius 3 is 2.47 bits per heavy atom. The largest absolute Gasteiger partial charge is 0.313 e. The Labute approximate surface area is 114 Å². The van der Waals surface area contributed by atoms with E-state index in [0.717, 1.165) is 18.4 Å². The van der Waals surface area contributed by atoms with E-state index in [2.05, 4.69) is 17.4 Å². The van der Waals surface area contributed by atoms with Crippen LogP contribution in [0.25, 0.3) is 0 Å². The van der Waals surface area contributed by atoms with Gasteiger partial charge in [0.25, 0.3) is 0 Å². The van der Waals surface area contributed by atoms with Gasteiger partial charge in [-0.2, -0.15) is 0 Å². The van der Waals surface area contributed by atoms with Crippen molar-refractivity contribution in [1.82, 2.24) is 5.32 Å². The molecule has 2 aromatic rings. The molecule has 0 saturated carbocycles. The minimum absolute atomic E-state index is 0.113. The van der Waals surface area contributed by atoms with E-state index < -0.39 is 0 Å². The molecule has 1 N–H and O–H groups in total. The molecule has 0 fully saturated rings. The van der Waals surface area contributed by atoms with Crippen LogP contribution in [0.15, 0.2) is 48.5 Å². The quantitative estimate of drug-likeness (QED) is 0.852. The Balaban J connectivity index is 2.02. The van der Waals surface area contributed by atoms with Crippen molar-refractivity contribution in [2.45, 2.75) is 25.8 Å². The number of nitrogens with one attached hydrogen (secondary N) is 1. The molecule has 0 bridgehead atoms. The van der Waals surface area contributed by atoms with Crippen LogP contribution in [0.4, 0.5) is 4.39 Å². The lowest BCUT2D eigenvalue weighted by Crippen LogP contribution is -2.17. The van der Waals surface area contributed by atoms with Gasteiger partial charge in [-0.3, -0.25) is 0 Å². The van der Waals surface area contributed by atoms with Gasteiger partial charge in [0.2, 0.25) is 0 Å². The van der Waals surface area contributed by atoms with Crippen LogP contribution >= 0.6 is 0 Å². The highest BCUT2D eigenvalue weighted by Crippen LogP contribution is 2.19. The second kappa shape index (κ2) is 6.48. The second-order valence-electron chi connectivity index (χ2n) is 4.87. The zero-order valence-electron chi connectivity index (χ0n) is 11.5. The predicted molar refractivity (Wildman–Crippen MR) is 77.7 cm³/mol. The number of hydrogen-bond acceptors (Lipinski definition) is 1. The van der Waals surface area contributed by atoms with Gasteiger partial charge in [-0.1, -0.05) is 42.5 Å². The molecule has 0 radical (unpaired) electrons. The summed E-state index contributed by atoms with van der Waals surface area (Å²) in [4.78, 5) is 0. The van der Waals surface area contributed by atoms with Crippen LogP contribution in [0.2, 0.25) is 0 Å². The van der Waals surface area contributed by atoms with Crippen LogP contribution in [0, 0.1) is 12.7 Å². The van der Waals surface area contributed by atoms with Gasteiger partial charge in [0.05, 0.1) is 0 Å². The molecule has 0 aromatic heterocycles. The van der Waals surface area contributed by atoms with Crippen LogP contribution in [-0.4, -0.2) is 7.05 Å². The lowest BCUT2D eigenvalue weighted by Gasteiger charge is -2.16. The molecule has 2 heteroatoms. The monoisotopic (exact) mass is 257 g/mol. The average Bonchev–Trinajstić information content (AvgIpc) is 2.44. The van der Waals surface area contributed by atoms with Gasteiger partial charge in [0.15, 0.2) is 0 Å². The van der Waals surface area contributed by atoms with E-state index in [4.69, 9.17) is 0 Å². The summed E-state index contributed by atoms with van der Waals surface area (Å²) in [6, 6.07) is 16.2. The minimum Gasteiger partial charge on any atom is -0.313 e. The van der Waals surface area contributed by atoms with Gasteiger partial charge in [-0.15, -0.1) is 0 Å². The van der Waals surface area contributed by atoms with E-state index >= 15 is 0 Å². The van der Waals surface area contributed by atoms with Crippen molar-refractivity contribution in [3.05, 3.63) is 71.0 Å². The molecule has 0 spiro atoms. The van der Waals surface area contributed by atoms with Crippen LogP contribution in [0.3, 0.4) is 0 Å². The molecule has 1 unspecified atom stereocenters. The molecule has 0 saturated heterocycles. The van der Waals surface area contributed by atoms with Crippen LogP contribution in [0.1, 0.15) is 29.2 Å². The molecular formula is C17H20FN. The zero-order valence-corrected chi connectivity index (χ0v) is 11.5. The highest BCUT2D eigenvalue weighted by atomic mass is 19.1.